The van der Waals surface area contributed by atoms with Crippen LogP contribution in [0.2, 0.25) is 0 Å². The van der Waals surface area contributed by atoms with E-state index in [0.717, 1.165) is 38.0 Å². The molecule has 0 atom stereocenters. The van der Waals surface area contributed by atoms with Gasteiger partial charge in [0.2, 0.25) is 11.7 Å². The minimum Gasteiger partial charge on any atom is -0.493 e. The summed E-state index contributed by atoms with van der Waals surface area (Å²) >= 11 is 0. The molecule has 0 aliphatic carbocycles. The molecule has 1 aliphatic heterocycles. The van der Waals surface area contributed by atoms with E-state index in [2.05, 4.69) is 29.6 Å². The standard InChI is InChI=1S/C23H30N2O4/c1-27-20-14-19(15-21(28-2)23(20)29-3)24-16-22(26)25-11-9-18(10-12-25)13-17-7-5-4-6-8-17/h4-8,14-15,18,24H,9-13,16H2,1-3H3. The van der Waals surface area contributed by atoms with Crippen molar-refractivity contribution in [3.8, 4) is 17.2 Å². The Labute approximate surface area is 172 Å². The molecule has 6 nitrogen and oxygen atoms in total. The Bertz CT molecular complexity index is 777. The second-order valence-corrected chi connectivity index (χ2v) is 7.28. The summed E-state index contributed by atoms with van der Waals surface area (Å²) in [6.45, 7) is 1.86. The largest absolute Gasteiger partial charge is 0.493 e. The molecule has 6 heteroatoms. The number of likely N-dealkylation sites (tertiary alicyclic amines) is 1. The van der Waals surface area contributed by atoms with Crippen molar-refractivity contribution in [1.29, 1.82) is 0 Å². The molecule has 1 heterocycles. The van der Waals surface area contributed by atoms with Crippen molar-refractivity contribution < 1.29 is 19.0 Å². The summed E-state index contributed by atoms with van der Waals surface area (Å²) in [5.41, 5.74) is 2.13. The van der Waals surface area contributed by atoms with Crippen LogP contribution in [0.3, 0.4) is 0 Å². The van der Waals surface area contributed by atoms with E-state index in [-0.39, 0.29) is 12.5 Å². The number of anilines is 1. The van der Waals surface area contributed by atoms with Crippen LogP contribution in [-0.2, 0) is 11.2 Å². The van der Waals surface area contributed by atoms with Gasteiger partial charge in [-0.05, 0) is 30.7 Å². The third-order valence-corrected chi connectivity index (χ3v) is 5.44. The Morgan fingerprint density at radius 1 is 1.00 bits per heavy atom. The lowest BCUT2D eigenvalue weighted by molar-refractivity contribution is -0.130. The van der Waals surface area contributed by atoms with Crippen LogP contribution >= 0.6 is 0 Å². The van der Waals surface area contributed by atoms with Crippen LogP contribution in [0.1, 0.15) is 18.4 Å². The number of nitrogens with one attached hydrogen (secondary N) is 1. The van der Waals surface area contributed by atoms with Crippen molar-refractivity contribution >= 4 is 11.6 Å². The molecular formula is C23H30N2O4. The molecule has 29 heavy (non-hydrogen) atoms. The summed E-state index contributed by atoms with van der Waals surface area (Å²) in [5, 5.41) is 3.19. The van der Waals surface area contributed by atoms with E-state index < -0.39 is 0 Å². The number of methoxy groups -OCH3 is 3. The Morgan fingerprint density at radius 3 is 2.17 bits per heavy atom. The van der Waals surface area contributed by atoms with Gasteiger partial charge in [0, 0.05) is 30.9 Å². The van der Waals surface area contributed by atoms with E-state index in [9.17, 15) is 4.79 Å². The fourth-order valence-corrected chi connectivity index (χ4v) is 3.81. The van der Waals surface area contributed by atoms with Gasteiger partial charge in [0.1, 0.15) is 0 Å². The number of piperidine rings is 1. The van der Waals surface area contributed by atoms with E-state index in [1.54, 1.807) is 33.5 Å². The zero-order valence-corrected chi connectivity index (χ0v) is 17.4. The van der Waals surface area contributed by atoms with Crippen molar-refractivity contribution in [1.82, 2.24) is 4.90 Å². The minimum absolute atomic E-state index is 0.108. The van der Waals surface area contributed by atoms with Gasteiger partial charge in [-0.2, -0.15) is 0 Å². The van der Waals surface area contributed by atoms with Crippen molar-refractivity contribution in [2.45, 2.75) is 19.3 Å². The summed E-state index contributed by atoms with van der Waals surface area (Å²) in [6, 6.07) is 14.2. The Balaban J connectivity index is 1.51. The maximum atomic E-state index is 12.6. The van der Waals surface area contributed by atoms with Gasteiger partial charge in [-0.1, -0.05) is 30.3 Å². The lowest BCUT2D eigenvalue weighted by atomic mass is 9.90. The molecule has 0 spiro atoms. The number of carbonyl (C=O) groups excluding carboxylic acids is 1. The van der Waals surface area contributed by atoms with Crippen LogP contribution in [0.5, 0.6) is 17.2 Å². The van der Waals surface area contributed by atoms with Gasteiger partial charge >= 0.3 is 0 Å². The predicted octanol–water partition coefficient (Wildman–Crippen LogP) is 3.61. The average molecular weight is 399 g/mol. The quantitative estimate of drug-likeness (QED) is 0.736. The summed E-state index contributed by atoms with van der Waals surface area (Å²) < 4.78 is 16.1. The first-order valence-corrected chi connectivity index (χ1v) is 10.00. The van der Waals surface area contributed by atoms with Crippen LogP contribution in [-0.4, -0.2) is 51.8 Å². The topological polar surface area (TPSA) is 60.0 Å². The van der Waals surface area contributed by atoms with E-state index in [1.165, 1.54) is 5.56 Å². The predicted molar refractivity (Wildman–Crippen MR) is 114 cm³/mol. The number of carbonyl (C=O) groups is 1. The molecule has 1 N–H and O–H groups in total. The number of rotatable bonds is 8. The third-order valence-electron chi connectivity index (χ3n) is 5.44. The maximum absolute atomic E-state index is 12.6. The van der Waals surface area contributed by atoms with Gasteiger partial charge in [-0.3, -0.25) is 4.79 Å². The van der Waals surface area contributed by atoms with E-state index >= 15 is 0 Å². The first-order chi connectivity index (χ1) is 14.1. The molecule has 0 saturated carbocycles. The molecular weight excluding hydrogens is 368 g/mol. The van der Waals surface area contributed by atoms with Crippen molar-refractivity contribution in [3.63, 3.8) is 0 Å². The lowest BCUT2D eigenvalue weighted by Gasteiger charge is -2.32. The van der Waals surface area contributed by atoms with Crippen LogP contribution in [0.25, 0.3) is 0 Å². The summed E-state index contributed by atoms with van der Waals surface area (Å²) in [6.07, 6.45) is 3.18. The highest BCUT2D eigenvalue weighted by Crippen LogP contribution is 2.39. The Kier molecular flexibility index (Phi) is 7.22. The minimum atomic E-state index is 0.108. The first-order valence-electron chi connectivity index (χ1n) is 10.00. The zero-order chi connectivity index (χ0) is 20.6. The molecule has 1 saturated heterocycles. The average Bonchev–Trinajstić information content (AvgIpc) is 2.77. The highest BCUT2D eigenvalue weighted by molar-refractivity contribution is 5.81. The number of hydrogen-bond donors (Lipinski definition) is 1. The molecule has 0 radical (unpaired) electrons. The Morgan fingerprint density at radius 2 is 1.62 bits per heavy atom. The molecule has 2 aromatic rings. The Hall–Kier alpha value is -2.89. The number of amides is 1. The molecule has 2 aromatic carbocycles. The van der Waals surface area contributed by atoms with Crippen LogP contribution in [0.15, 0.2) is 42.5 Å². The molecule has 1 aliphatic rings. The summed E-state index contributed by atoms with van der Waals surface area (Å²) in [5.74, 6) is 2.40. The van der Waals surface area contributed by atoms with E-state index in [1.807, 2.05) is 11.0 Å². The molecule has 1 fully saturated rings. The van der Waals surface area contributed by atoms with Gasteiger partial charge in [0.15, 0.2) is 11.5 Å². The number of hydrogen-bond acceptors (Lipinski definition) is 5. The van der Waals surface area contributed by atoms with Gasteiger partial charge < -0.3 is 24.4 Å². The van der Waals surface area contributed by atoms with Crippen molar-refractivity contribution in [3.05, 3.63) is 48.0 Å². The fraction of sp³-hybridized carbons (Fsp3) is 0.435. The molecule has 156 valence electrons. The van der Waals surface area contributed by atoms with Crippen LogP contribution in [0, 0.1) is 5.92 Å². The number of ether oxygens (including phenoxy) is 3. The molecule has 0 aromatic heterocycles. The lowest BCUT2D eigenvalue weighted by Crippen LogP contribution is -2.41. The van der Waals surface area contributed by atoms with Crippen molar-refractivity contribution in [2.24, 2.45) is 5.92 Å². The third kappa shape index (κ3) is 5.34. The smallest absolute Gasteiger partial charge is 0.241 e. The number of nitrogens with zero attached hydrogens (tertiary/aromatic N) is 1. The molecule has 0 unspecified atom stereocenters. The normalized spacial score (nSPS) is 14.4. The van der Waals surface area contributed by atoms with E-state index in [0.29, 0.717) is 23.2 Å². The van der Waals surface area contributed by atoms with Gasteiger partial charge in [-0.25, -0.2) is 0 Å². The van der Waals surface area contributed by atoms with E-state index in [4.69, 9.17) is 14.2 Å². The number of benzene rings is 2. The molecule has 1 amide bonds. The first kappa shape index (κ1) is 20.8. The molecule has 0 bridgehead atoms. The maximum Gasteiger partial charge on any atom is 0.241 e. The SMILES string of the molecule is COc1cc(NCC(=O)N2CCC(Cc3ccccc3)CC2)cc(OC)c1OC. The van der Waals surface area contributed by atoms with Crippen LogP contribution in [0.4, 0.5) is 5.69 Å². The van der Waals surface area contributed by atoms with Gasteiger partial charge in [-0.15, -0.1) is 0 Å². The zero-order valence-electron chi connectivity index (χ0n) is 17.4. The second-order valence-electron chi connectivity index (χ2n) is 7.28. The second kappa shape index (κ2) is 10.0. The molecule has 3 rings (SSSR count). The van der Waals surface area contributed by atoms with Gasteiger partial charge in [0.25, 0.3) is 0 Å². The highest BCUT2D eigenvalue weighted by Gasteiger charge is 2.23. The summed E-state index contributed by atoms with van der Waals surface area (Å²) in [7, 11) is 4.72. The monoisotopic (exact) mass is 398 g/mol. The fourth-order valence-electron chi connectivity index (χ4n) is 3.81. The summed E-state index contributed by atoms with van der Waals surface area (Å²) in [4.78, 5) is 14.6. The van der Waals surface area contributed by atoms with Crippen LogP contribution < -0.4 is 19.5 Å². The highest BCUT2D eigenvalue weighted by atomic mass is 16.5. The van der Waals surface area contributed by atoms with Gasteiger partial charge in [0.05, 0.1) is 27.9 Å². The van der Waals surface area contributed by atoms with Crippen molar-refractivity contribution in [2.75, 3.05) is 46.3 Å².